The average Bonchev–Trinajstić information content (AvgIpc) is 2.54. The molecule has 2 aromatic rings. The van der Waals surface area contributed by atoms with E-state index in [2.05, 4.69) is 26.0 Å². The zero-order valence-electron chi connectivity index (χ0n) is 12.7. The van der Waals surface area contributed by atoms with E-state index in [4.69, 9.17) is 4.74 Å². The molecule has 0 N–H and O–H groups in total. The normalized spacial score (nSPS) is 13.4. The van der Waals surface area contributed by atoms with Crippen LogP contribution >= 0.6 is 0 Å². The summed E-state index contributed by atoms with van der Waals surface area (Å²) in [6.45, 7) is 4.56. The van der Waals surface area contributed by atoms with E-state index in [0.29, 0.717) is 13.0 Å². The van der Waals surface area contributed by atoms with Gasteiger partial charge in [0.05, 0.1) is 13.0 Å². The van der Waals surface area contributed by atoms with E-state index in [1.807, 2.05) is 48.5 Å². The van der Waals surface area contributed by atoms with E-state index >= 15 is 0 Å². The molecule has 0 spiro atoms. The summed E-state index contributed by atoms with van der Waals surface area (Å²) in [6, 6.07) is 20.2. The Labute approximate surface area is 126 Å². The van der Waals surface area contributed by atoms with E-state index < -0.39 is 0 Å². The van der Waals surface area contributed by atoms with Crippen molar-refractivity contribution in [2.45, 2.75) is 32.1 Å². The Kier molecular flexibility index (Phi) is 5.56. The predicted octanol–water partition coefficient (Wildman–Crippen LogP) is 4.53. The molecule has 0 bridgehead atoms. The van der Waals surface area contributed by atoms with Gasteiger partial charge in [0.25, 0.3) is 0 Å². The second-order valence-corrected chi connectivity index (χ2v) is 5.51. The number of rotatable bonds is 6. The van der Waals surface area contributed by atoms with Crippen molar-refractivity contribution in [3.63, 3.8) is 0 Å². The van der Waals surface area contributed by atoms with Crippen molar-refractivity contribution in [1.29, 1.82) is 0 Å². The molecule has 0 saturated carbocycles. The number of hydrogen-bond donors (Lipinski definition) is 0. The van der Waals surface area contributed by atoms with Crippen molar-refractivity contribution in [1.82, 2.24) is 0 Å². The standard InChI is InChI=1S/C19H22O2/c1-15(17-9-5-3-6-10-17)13-19(20)21-14-16(2)18-11-7-4-8-12-18/h3-12,15-16H,13-14H2,1-2H3/t15-,16+/m0/s1. The van der Waals surface area contributed by atoms with Crippen LogP contribution in [0, 0.1) is 0 Å². The van der Waals surface area contributed by atoms with Gasteiger partial charge in [-0.15, -0.1) is 0 Å². The van der Waals surface area contributed by atoms with Gasteiger partial charge in [-0.05, 0) is 17.0 Å². The third-order valence-electron chi connectivity index (χ3n) is 3.70. The molecule has 0 aliphatic carbocycles. The first kappa shape index (κ1) is 15.3. The average molecular weight is 282 g/mol. The molecule has 0 heterocycles. The predicted molar refractivity (Wildman–Crippen MR) is 85.3 cm³/mol. The van der Waals surface area contributed by atoms with E-state index in [-0.39, 0.29) is 17.8 Å². The van der Waals surface area contributed by atoms with Gasteiger partial charge < -0.3 is 4.74 Å². The lowest BCUT2D eigenvalue weighted by Gasteiger charge is -2.15. The van der Waals surface area contributed by atoms with Crippen LogP contribution < -0.4 is 0 Å². The zero-order chi connectivity index (χ0) is 15.1. The SMILES string of the molecule is C[C@H](COC(=O)C[C@H](C)c1ccccc1)c1ccccc1. The van der Waals surface area contributed by atoms with Crippen molar-refractivity contribution in [2.75, 3.05) is 6.61 Å². The molecule has 0 saturated heterocycles. The smallest absolute Gasteiger partial charge is 0.306 e. The monoisotopic (exact) mass is 282 g/mol. The van der Waals surface area contributed by atoms with Crippen LogP contribution in [0.1, 0.15) is 43.2 Å². The minimum atomic E-state index is -0.130. The molecule has 0 radical (unpaired) electrons. The number of carbonyl (C=O) groups is 1. The Morgan fingerprint density at radius 2 is 1.33 bits per heavy atom. The van der Waals surface area contributed by atoms with Gasteiger partial charge in [0.15, 0.2) is 0 Å². The first-order valence-electron chi connectivity index (χ1n) is 7.42. The lowest BCUT2D eigenvalue weighted by atomic mass is 9.98. The molecule has 2 heteroatoms. The van der Waals surface area contributed by atoms with Gasteiger partial charge in [0.1, 0.15) is 0 Å². The topological polar surface area (TPSA) is 26.3 Å². The fourth-order valence-electron chi connectivity index (χ4n) is 2.30. The molecule has 0 aromatic heterocycles. The van der Waals surface area contributed by atoms with Crippen LogP contribution in [0.5, 0.6) is 0 Å². The van der Waals surface area contributed by atoms with Crippen molar-refractivity contribution in [2.24, 2.45) is 0 Å². The first-order chi connectivity index (χ1) is 10.2. The Balaban J connectivity index is 1.80. The summed E-state index contributed by atoms with van der Waals surface area (Å²) in [4.78, 5) is 11.9. The van der Waals surface area contributed by atoms with Gasteiger partial charge in [-0.2, -0.15) is 0 Å². The highest BCUT2D eigenvalue weighted by Gasteiger charge is 2.14. The Morgan fingerprint density at radius 1 is 0.857 bits per heavy atom. The van der Waals surface area contributed by atoms with Crippen molar-refractivity contribution >= 4 is 5.97 Å². The molecule has 2 atom stereocenters. The number of esters is 1. The highest BCUT2D eigenvalue weighted by atomic mass is 16.5. The summed E-state index contributed by atoms with van der Waals surface area (Å²) in [5.41, 5.74) is 2.37. The van der Waals surface area contributed by atoms with Gasteiger partial charge in [-0.25, -0.2) is 0 Å². The van der Waals surface area contributed by atoms with E-state index in [9.17, 15) is 4.79 Å². The third kappa shape index (κ3) is 4.75. The highest BCUT2D eigenvalue weighted by Crippen LogP contribution is 2.20. The van der Waals surface area contributed by atoms with E-state index in [1.54, 1.807) is 0 Å². The maximum absolute atomic E-state index is 11.9. The summed E-state index contributed by atoms with van der Waals surface area (Å²) in [5, 5.41) is 0. The van der Waals surface area contributed by atoms with Gasteiger partial charge in [0, 0.05) is 5.92 Å². The second kappa shape index (κ2) is 7.63. The van der Waals surface area contributed by atoms with Crippen LogP contribution in [0.3, 0.4) is 0 Å². The van der Waals surface area contributed by atoms with Gasteiger partial charge in [-0.3, -0.25) is 4.79 Å². The summed E-state index contributed by atoms with van der Waals surface area (Å²) < 4.78 is 5.41. The molecular weight excluding hydrogens is 260 g/mol. The van der Waals surface area contributed by atoms with E-state index in [0.717, 1.165) is 0 Å². The number of ether oxygens (including phenoxy) is 1. The number of hydrogen-bond acceptors (Lipinski definition) is 2. The Morgan fingerprint density at radius 3 is 1.86 bits per heavy atom. The zero-order valence-corrected chi connectivity index (χ0v) is 12.7. The quantitative estimate of drug-likeness (QED) is 0.728. The molecule has 0 aliphatic rings. The fraction of sp³-hybridized carbons (Fsp3) is 0.316. The summed E-state index contributed by atoms with van der Waals surface area (Å²) >= 11 is 0. The van der Waals surface area contributed by atoms with Crippen LogP contribution in [0.15, 0.2) is 60.7 Å². The van der Waals surface area contributed by atoms with Crippen molar-refractivity contribution in [3.05, 3.63) is 71.8 Å². The van der Waals surface area contributed by atoms with Crippen LogP contribution in [0.2, 0.25) is 0 Å². The number of benzene rings is 2. The maximum Gasteiger partial charge on any atom is 0.306 e. The molecule has 0 unspecified atom stereocenters. The van der Waals surface area contributed by atoms with Crippen molar-refractivity contribution in [3.8, 4) is 0 Å². The fourth-order valence-corrected chi connectivity index (χ4v) is 2.30. The Bertz CT molecular complexity index is 548. The van der Waals surface area contributed by atoms with Crippen molar-refractivity contribution < 1.29 is 9.53 Å². The molecule has 110 valence electrons. The molecule has 2 aromatic carbocycles. The van der Waals surface area contributed by atoms with Gasteiger partial charge in [0.2, 0.25) is 0 Å². The van der Waals surface area contributed by atoms with Crippen LogP contribution in [0.25, 0.3) is 0 Å². The Hall–Kier alpha value is -2.09. The lowest BCUT2D eigenvalue weighted by Crippen LogP contribution is -2.13. The van der Waals surface area contributed by atoms with Gasteiger partial charge >= 0.3 is 5.97 Å². The molecule has 0 amide bonds. The van der Waals surface area contributed by atoms with Gasteiger partial charge in [-0.1, -0.05) is 74.5 Å². The number of carbonyl (C=O) groups excluding carboxylic acids is 1. The summed E-state index contributed by atoms with van der Waals surface area (Å²) in [7, 11) is 0. The highest BCUT2D eigenvalue weighted by molar-refractivity contribution is 5.70. The lowest BCUT2D eigenvalue weighted by molar-refractivity contribution is -0.144. The minimum absolute atomic E-state index is 0.130. The van der Waals surface area contributed by atoms with Crippen LogP contribution in [0.4, 0.5) is 0 Å². The molecule has 2 nitrogen and oxygen atoms in total. The molecule has 0 fully saturated rings. The van der Waals surface area contributed by atoms with Crippen LogP contribution in [-0.2, 0) is 9.53 Å². The summed E-state index contributed by atoms with van der Waals surface area (Å²) in [5.74, 6) is 0.280. The molecule has 0 aliphatic heterocycles. The molecular formula is C19H22O2. The maximum atomic E-state index is 11.9. The summed E-state index contributed by atoms with van der Waals surface area (Å²) in [6.07, 6.45) is 0.422. The first-order valence-corrected chi connectivity index (χ1v) is 7.42. The van der Waals surface area contributed by atoms with Crippen LogP contribution in [-0.4, -0.2) is 12.6 Å². The minimum Gasteiger partial charge on any atom is -0.465 e. The second-order valence-electron chi connectivity index (χ2n) is 5.51. The molecule has 2 rings (SSSR count). The molecule has 21 heavy (non-hydrogen) atoms. The third-order valence-corrected chi connectivity index (χ3v) is 3.70. The van der Waals surface area contributed by atoms with E-state index in [1.165, 1.54) is 11.1 Å². The largest absolute Gasteiger partial charge is 0.465 e.